The predicted molar refractivity (Wildman–Crippen MR) is 55.2 cm³/mol. The molecule has 0 fully saturated rings. The fraction of sp³-hybridized carbons (Fsp3) is 0.200. The Morgan fingerprint density at radius 2 is 2.00 bits per heavy atom. The van der Waals surface area contributed by atoms with Gasteiger partial charge in [-0.3, -0.25) is 4.98 Å². The van der Waals surface area contributed by atoms with Gasteiger partial charge in [-0.15, -0.1) is 0 Å². The molecule has 0 saturated carbocycles. The zero-order chi connectivity index (χ0) is 10.1. The van der Waals surface area contributed by atoms with Gasteiger partial charge in [0.15, 0.2) is 0 Å². The molecule has 0 unspecified atom stereocenters. The molecular weight excluding hydrogens is 176 g/mol. The lowest BCUT2D eigenvalue weighted by Crippen LogP contribution is -2.02. The second kappa shape index (κ2) is 3.14. The molecule has 14 heavy (non-hydrogen) atoms. The molecule has 0 aromatic carbocycles. The Kier molecular flexibility index (Phi) is 1.96. The first kappa shape index (κ1) is 8.74. The Morgan fingerprint density at radius 3 is 2.50 bits per heavy atom. The molecule has 0 aliphatic carbocycles. The maximum Gasteiger partial charge on any atom is 0.127 e. The van der Waals surface area contributed by atoms with E-state index in [2.05, 4.69) is 10.1 Å². The smallest absolute Gasteiger partial charge is 0.127 e. The highest BCUT2D eigenvalue weighted by Crippen LogP contribution is 2.12. The second-order valence-corrected chi connectivity index (χ2v) is 3.28. The number of pyridine rings is 1. The molecule has 2 aromatic heterocycles. The van der Waals surface area contributed by atoms with Crippen molar-refractivity contribution in [3.63, 3.8) is 0 Å². The van der Waals surface area contributed by atoms with E-state index in [1.807, 2.05) is 32.0 Å². The maximum absolute atomic E-state index is 5.78. The molecule has 0 bridgehead atoms. The number of aromatic nitrogens is 3. The van der Waals surface area contributed by atoms with E-state index < -0.39 is 0 Å². The largest absolute Gasteiger partial charge is 0.384 e. The average molecular weight is 188 g/mol. The molecule has 0 saturated heterocycles. The fourth-order valence-electron chi connectivity index (χ4n) is 1.31. The van der Waals surface area contributed by atoms with Gasteiger partial charge in [0.2, 0.25) is 0 Å². The molecule has 4 nitrogen and oxygen atoms in total. The van der Waals surface area contributed by atoms with Gasteiger partial charge in [-0.1, -0.05) is 0 Å². The van der Waals surface area contributed by atoms with Crippen LogP contribution in [0.4, 0.5) is 5.82 Å². The van der Waals surface area contributed by atoms with Gasteiger partial charge in [0.05, 0.1) is 17.6 Å². The van der Waals surface area contributed by atoms with Crippen LogP contribution in [0.1, 0.15) is 11.4 Å². The number of nitrogens with two attached hydrogens (primary N) is 1. The summed E-state index contributed by atoms with van der Waals surface area (Å²) in [4.78, 5) is 4.19. The number of rotatable bonds is 1. The monoisotopic (exact) mass is 188 g/mol. The lowest BCUT2D eigenvalue weighted by molar-refractivity contribution is 0.864. The van der Waals surface area contributed by atoms with Gasteiger partial charge in [-0.2, -0.15) is 5.10 Å². The fourth-order valence-corrected chi connectivity index (χ4v) is 1.31. The molecule has 72 valence electrons. The summed E-state index contributed by atoms with van der Waals surface area (Å²) in [7, 11) is 0. The Balaban J connectivity index is 2.49. The third-order valence-corrected chi connectivity index (χ3v) is 2.00. The highest BCUT2D eigenvalue weighted by atomic mass is 15.3. The van der Waals surface area contributed by atoms with E-state index >= 15 is 0 Å². The zero-order valence-electron chi connectivity index (χ0n) is 8.23. The van der Waals surface area contributed by atoms with E-state index in [0.29, 0.717) is 5.82 Å². The molecule has 0 radical (unpaired) electrons. The van der Waals surface area contributed by atoms with Crippen molar-refractivity contribution in [1.82, 2.24) is 14.8 Å². The van der Waals surface area contributed by atoms with Crippen molar-refractivity contribution in [2.24, 2.45) is 0 Å². The summed E-state index contributed by atoms with van der Waals surface area (Å²) in [5, 5.41) is 4.26. The maximum atomic E-state index is 5.78. The number of aryl methyl sites for hydroxylation is 2. The van der Waals surface area contributed by atoms with Crippen molar-refractivity contribution < 1.29 is 0 Å². The quantitative estimate of drug-likeness (QED) is 0.737. The van der Waals surface area contributed by atoms with Crippen molar-refractivity contribution >= 4 is 5.82 Å². The van der Waals surface area contributed by atoms with Gasteiger partial charge in [0.1, 0.15) is 5.82 Å². The summed E-state index contributed by atoms with van der Waals surface area (Å²) in [6, 6.07) is 5.72. The first-order valence-electron chi connectivity index (χ1n) is 4.42. The topological polar surface area (TPSA) is 56.7 Å². The average Bonchev–Trinajstić information content (AvgIpc) is 2.47. The summed E-state index contributed by atoms with van der Waals surface area (Å²) in [5.74, 6) is 0.633. The lowest BCUT2D eigenvalue weighted by atomic mass is 10.3. The van der Waals surface area contributed by atoms with E-state index in [1.165, 1.54) is 0 Å². The van der Waals surface area contributed by atoms with E-state index in [-0.39, 0.29) is 0 Å². The molecule has 0 aliphatic rings. The molecule has 0 spiro atoms. The van der Waals surface area contributed by atoms with E-state index in [9.17, 15) is 0 Å². The van der Waals surface area contributed by atoms with E-state index in [0.717, 1.165) is 17.1 Å². The molecule has 2 N–H and O–H groups in total. The third kappa shape index (κ3) is 1.46. The van der Waals surface area contributed by atoms with Crippen molar-refractivity contribution in [2.45, 2.75) is 13.8 Å². The van der Waals surface area contributed by atoms with Gasteiger partial charge < -0.3 is 5.73 Å². The number of anilines is 1. The minimum absolute atomic E-state index is 0.633. The Hall–Kier alpha value is -1.84. The lowest BCUT2D eigenvalue weighted by Gasteiger charge is -2.02. The summed E-state index contributed by atoms with van der Waals surface area (Å²) >= 11 is 0. The zero-order valence-corrected chi connectivity index (χ0v) is 8.23. The minimum atomic E-state index is 0.633. The van der Waals surface area contributed by atoms with Crippen LogP contribution in [-0.4, -0.2) is 14.8 Å². The van der Waals surface area contributed by atoms with Crippen LogP contribution >= 0.6 is 0 Å². The number of nitrogens with zero attached hydrogens (tertiary/aromatic N) is 3. The van der Waals surface area contributed by atoms with Crippen LogP contribution in [0.15, 0.2) is 24.4 Å². The van der Waals surface area contributed by atoms with Gasteiger partial charge in [0, 0.05) is 11.8 Å². The highest BCUT2D eigenvalue weighted by Gasteiger charge is 2.03. The molecule has 0 aliphatic heterocycles. The summed E-state index contributed by atoms with van der Waals surface area (Å²) in [5.41, 5.74) is 8.56. The Bertz CT molecular complexity index is 442. The van der Waals surface area contributed by atoms with Gasteiger partial charge in [-0.25, -0.2) is 4.68 Å². The molecular formula is C10H12N4. The number of nitrogen functional groups attached to an aromatic ring is 1. The van der Waals surface area contributed by atoms with Crippen LogP contribution in [0.2, 0.25) is 0 Å². The van der Waals surface area contributed by atoms with Crippen molar-refractivity contribution in [3.8, 4) is 5.69 Å². The Labute approximate surface area is 82.4 Å². The van der Waals surface area contributed by atoms with E-state index in [4.69, 9.17) is 5.73 Å². The summed E-state index contributed by atoms with van der Waals surface area (Å²) in [6.07, 6.45) is 1.76. The summed E-state index contributed by atoms with van der Waals surface area (Å²) < 4.78 is 1.68. The standard InChI is InChI=1S/C10H12N4/c1-7-3-4-9(6-12-7)14-10(11)5-8(2)13-14/h3-6H,11H2,1-2H3. The van der Waals surface area contributed by atoms with E-state index in [1.54, 1.807) is 10.9 Å². The first-order valence-corrected chi connectivity index (χ1v) is 4.42. The number of hydrogen-bond donors (Lipinski definition) is 1. The van der Waals surface area contributed by atoms with Crippen LogP contribution in [0.5, 0.6) is 0 Å². The molecule has 4 heteroatoms. The second-order valence-electron chi connectivity index (χ2n) is 3.28. The normalized spacial score (nSPS) is 10.4. The van der Waals surface area contributed by atoms with Crippen LogP contribution in [0.25, 0.3) is 5.69 Å². The molecule has 0 amide bonds. The molecule has 2 aromatic rings. The van der Waals surface area contributed by atoms with Gasteiger partial charge in [0.25, 0.3) is 0 Å². The molecule has 0 atom stereocenters. The Morgan fingerprint density at radius 1 is 1.21 bits per heavy atom. The van der Waals surface area contributed by atoms with Crippen LogP contribution in [0, 0.1) is 13.8 Å². The predicted octanol–water partition coefficient (Wildman–Crippen LogP) is 1.47. The van der Waals surface area contributed by atoms with Crippen LogP contribution in [-0.2, 0) is 0 Å². The van der Waals surface area contributed by atoms with Crippen molar-refractivity contribution in [2.75, 3.05) is 5.73 Å². The van der Waals surface area contributed by atoms with Crippen molar-refractivity contribution in [1.29, 1.82) is 0 Å². The van der Waals surface area contributed by atoms with Gasteiger partial charge >= 0.3 is 0 Å². The molecule has 2 rings (SSSR count). The number of hydrogen-bond acceptors (Lipinski definition) is 3. The van der Waals surface area contributed by atoms with Crippen LogP contribution in [0.3, 0.4) is 0 Å². The van der Waals surface area contributed by atoms with Crippen LogP contribution < -0.4 is 5.73 Å². The minimum Gasteiger partial charge on any atom is -0.384 e. The first-order chi connectivity index (χ1) is 6.66. The summed E-state index contributed by atoms with van der Waals surface area (Å²) in [6.45, 7) is 3.86. The molecule has 2 heterocycles. The third-order valence-electron chi connectivity index (χ3n) is 2.00. The van der Waals surface area contributed by atoms with Gasteiger partial charge in [-0.05, 0) is 26.0 Å². The van der Waals surface area contributed by atoms with Crippen molar-refractivity contribution in [3.05, 3.63) is 35.8 Å². The highest BCUT2D eigenvalue weighted by molar-refractivity contribution is 5.41. The SMILES string of the molecule is Cc1ccc(-n2nc(C)cc2N)cn1.